The molecule has 0 heterocycles. The zero-order chi connectivity index (χ0) is 15.1. The van der Waals surface area contributed by atoms with Gasteiger partial charge in [-0.1, -0.05) is 77.9 Å². The van der Waals surface area contributed by atoms with Crippen LogP contribution in [0.3, 0.4) is 0 Å². The number of rotatable bonds is 1. The molecule has 106 valence electrons. The first-order valence-corrected chi connectivity index (χ1v) is 7.71. The van der Waals surface area contributed by atoms with Gasteiger partial charge in [0, 0.05) is 0 Å². The summed E-state index contributed by atoms with van der Waals surface area (Å²) in [5.41, 5.74) is 5.25. The minimum Gasteiger partial charge on any atom is -0.0616 e. The standard InChI is InChI=1S/C22H18/c1-15-6-5-8-19(12-15)22-20-9-4-3-7-17(20)14-18-11-10-16(2)13-21(18)22/h3-14H,1-2H3. The molecule has 0 radical (unpaired) electrons. The van der Waals surface area contributed by atoms with Crippen LogP contribution in [0.15, 0.2) is 72.8 Å². The Morgan fingerprint density at radius 3 is 2.18 bits per heavy atom. The number of hydrogen-bond acceptors (Lipinski definition) is 0. The maximum Gasteiger partial charge on any atom is -0.00266 e. The zero-order valence-corrected chi connectivity index (χ0v) is 12.9. The van der Waals surface area contributed by atoms with Crippen LogP contribution < -0.4 is 0 Å². The fourth-order valence-corrected chi connectivity index (χ4v) is 3.29. The number of hydrogen-bond donors (Lipinski definition) is 0. The second-order valence-electron chi connectivity index (χ2n) is 6.07. The van der Waals surface area contributed by atoms with Gasteiger partial charge in [0.15, 0.2) is 0 Å². The van der Waals surface area contributed by atoms with Crippen LogP contribution in [0.25, 0.3) is 32.7 Å². The van der Waals surface area contributed by atoms with Gasteiger partial charge in [-0.2, -0.15) is 0 Å². The minimum absolute atomic E-state index is 1.30. The normalized spacial score (nSPS) is 11.2. The number of aryl methyl sites for hydroxylation is 2. The van der Waals surface area contributed by atoms with Gasteiger partial charge in [0.2, 0.25) is 0 Å². The van der Waals surface area contributed by atoms with Crippen LogP contribution in [0.2, 0.25) is 0 Å². The van der Waals surface area contributed by atoms with Gasteiger partial charge >= 0.3 is 0 Å². The molecule has 4 aromatic rings. The van der Waals surface area contributed by atoms with Crippen molar-refractivity contribution in [2.24, 2.45) is 0 Å². The summed E-state index contributed by atoms with van der Waals surface area (Å²) in [5.74, 6) is 0. The van der Waals surface area contributed by atoms with E-state index in [1.807, 2.05) is 0 Å². The highest BCUT2D eigenvalue weighted by atomic mass is 14.1. The molecular formula is C22H18. The molecule has 0 atom stereocenters. The molecule has 0 unspecified atom stereocenters. The van der Waals surface area contributed by atoms with E-state index in [1.165, 1.54) is 43.8 Å². The van der Waals surface area contributed by atoms with E-state index in [-0.39, 0.29) is 0 Å². The van der Waals surface area contributed by atoms with E-state index in [4.69, 9.17) is 0 Å². The van der Waals surface area contributed by atoms with Crippen molar-refractivity contribution >= 4 is 21.5 Å². The molecule has 0 amide bonds. The summed E-state index contributed by atoms with van der Waals surface area (Å²) in [6, 6.07) is 26.5. The van der Waals surface area contributed by atoms with Crippen molar-refractivity contribution in [3.05, 3.63) is 83.9 Å². The molecule has 0 fully saturated rings. The van der Waals surface area contributed by atoms with Crippen molar-refractivity contribution in [1.29, 1.82) is 0 Å². The van der Waals surface area contributed by atoms with Crippen LogP contribution in [0.1, 0.15) is 11.1 Å². The SMILES string of the molecule is Cc1cccc(-c2c3ccccc3cc3ccc(C)cc23)c1. The van der Waals surface area contributed by atoms with Gasteiger partial charge in [0.1, 0.15) is 0 Å². The van der Waals surface area contributed by atoms with Crippen LogP contribution in [-0.2, 0) is 0 Å². The monoisotopic (exact) mass is 282 g/mol. The topological polar surface area (TPSA) is 0 Å². The molecule has 0 aromatic heterocycles. The second kappa shape index (κ2) is 4.99. The summed E-state index contributed by atoms with van der Waals surface area (Å²) in [7, 11) is 0. The summed E-state index contributed by atoms with van der Waals surface area (Å²) in [6.45, 7) is 4.32. The van der Waals surface area contributed by atoms with Gasteiger partial charge < -0.3 is 0 Å². The molecule has 0 nitrogen and oxygen atoms in total. The Bertz CT molecular complexity index is 993. The molecule has 22 heavy (non-hydrogen) atoms. The molecule has 0 N–H and O–H groups in total. The number of fused-ring (bicyclic) bond motifs is 2. The predicted molar refractivity (Wildman–Crippen MR) is 96.4 cm³/mol. The molecule has 0 saturated heterocycles. The summed E-state index contributed by atoms with van der Waals surface area (Å²) < 4.78 is 0. The highest BCUT2D eigenvalue weighted by Gasteiger charge is 2.10. The van der Waals surface area contributed by atoms with Gasteiger partial charge in [0.05, 0.1) is 0 Å². The number of benzene rings is 4. The lowest BCUT2D eigenvalue weighted by molar-refractivity contribution is 1.47. The average Bonchev–Trinajstić information content (AvgIpc) is 2.52. The van der Waals surface area contributed by atoms with E-state index in [2.05, 4.69) is 86.6 Å². The Kier molecular flexibility index (Phi) is 2.97. The maximum atomic E-state index is 2.30. The Hall–Kier alpha value is -2.60. The van der Waals surface area contributed by atoms with Crippen molar-refractivity contribution < 1.29 is 0 Å². The smallest absolute Gasteiger partial charge is 0.00266 e. The van der Waals surface area contributed by atoms with Gasteiger partial charge in [-0.3, -0.25) is 0 Å². The van der Waals surface area contributed by atoms with E-state index in [9.17, 15) is 0 Å². The van der Waals surface area contributed by atoms with E-state index >= 15 is 0 Å². The second-order valence-corrected chi connectivity index (χ2v) is 6.07. The van der Waals surface area contributed by atoms with Crippen LogP contribution >= 0.6 is 0 Å². The molecule has 4 aromatic carbocycles. The highest BCUT2D eigenvalue weighted by Crippen LogP contribution is 2.36. The molecule has 0 aliphatic heterocycles. The van der Waals surface area contributed by atoms with Gasteiger partial charge in [-0.25, -0.2) is 0 Å². The molecular weight excluding hydrogens is 264 g/mol. The predicted octanol–water partition coefficient (Wildman–Crippen LogP) is 6.28. The van der Waals surface area contributed by atoms with Crippen LogP contribution in [0.4, 0.5) is 0 Å². The quantitative estimate of drug-likeness (QED) is 0.360. The van der Waals surface area contributed by atoms with E-state index in [0.29, 0.717) is 0 Å². The molecule has 0 aliphatic carbocycles. The van der Waals surface area contributed by atoms with Crippen molar-refractivity contribution in [3.63, 3.8) is 0 Å². The molecule has 0 aliphatic rings. The third kappa shape index (κ3) is 2.08. The average molecular weight is 282 g/mol. The summed E-state index contributed by atoms with van der Waals surface area (Å²) in [5, 5.41) is 5.27. The summed E-state index contributed by atoms with van der Waals surface area (Å²) in [4.78, 5) is 0. The third-order valence-corrected chi connectivity index (χ3v) is 4.33. The van der Waals surface area contributed by atoms with Gasteiger partial charge in [-0.05, 0) is 52.6 Å². The summed E-state index contributed by atoms with van der Waals surface area (Å²) in [6.07, 6.45) is 0. The van der Waals surface area contributed by atoms with Crippen LogP contribution in [0, 0.1) is 13.8 Å². The Labute approximate surface area is 131 Å². The maximum absolute atomic E-state index is 2.30. The van der Waals surface area contributed by atoms with Crippen molar-refractivity contribution in [3.8, 4) is 11.1 Å². The van der Waals surface area contributed by atoms with Gasteiger partial charge in [0.25, 0.3) is 0 Å². The van der Waals surface area contributed by atoms with Gasteiger partial charge in [-0.15, -0.1) is 0 Å². The largest absolute Gasteiger partial charge is 0.0616 e. The minimum atomic E-state index is 1.30. The molecule has 0 saturated carbocycles. The molecule has 0 bridgehead atoms. The Morgan fingerprint density at radius 2 is 1.32 bits per heavy atom. The lowest BCUT2D eigenvalue weighted by atomic mass is 9.91. The van der Waals surface area contributed by atoms with Crippen molar-refractivity contribution in [2.75, 3.05) is 0 Å². The first-order chi connectivity index (χ1) is 10.7. The van der Waals surface area contributed by atoms with Crippen LogP contribution in [-0.4, -0.2) is 0 Å². The van der Waals surface area contributed by atoms with Crippen molar-refractivity contribution in [1.82, 2.24) is 0 Å². The molecule has 4 rings (SSSR count). The third-order valence-electron chi connectivity index (χ3n) is 4.33. The Morgan fingerprint density at radius 1 is 0.545 bits per heavy atom. The molecule has 0 heteroatoms. The Balaban J connectivity index is 2.22. The van der Waals surface area contributed by atoms with Crippen molar-refractivity contribution in [2.45, 2.75) is 13.8 Å². The van der Waals surface area contributed by atoms with E-state index in [0.717, 1.165) is 0 Å². The zero-order valence-electron chi connectivity index (χ0n) is 12.9. The fraction of sp³-hybridized carbons (Fsp3) is 0.0909. The lowest BCUT2D eigenvalue weighted by Gasteiger charge is -2.13. The first kappa shape index (κ1) is 13.1. The van der Waals surface area contributed by atoms with E-state index in [1.54, 1.807) is 0 Å². The lowest BCUT2D eigenvalue weighted by Crippen LogP contribution is -1.87. The summed E-state index contributed by atoms with van der Waals surface area (Å²) >= 11 is 0. The van der Waals surface area contributed by atoms with E-state index < -0.39 is 0 Å². The highest BCUT2D eigenvalue weighted by molar-refractivity contribution is 6.12. The van der Waals surface area contributed by atoms with Crippen LogP contribution in [0.5, 0.6) is 0 Å². The first-order valence-electron chi connectivity index (χ1n) is 7.71. The molecule has 0 spiro atoms. The fourth-order valence-electron chi connectivity index (χ4n) is 3.29.